The fraction of sp³-hybridized carbons (Fsp3) is 0.154. The van der Waals surface area contributed by atoms with Gasteiger partial charge >= 0.3 is 0 Å². The molecular formula is C13H10INO3. The Hall–Kier alpha value is -1.50. The standard InChI is InChI=1S/C13H10INO3/c14-13-11(2-1-5-15-13)16-7-9-3-4-10-12(6-9)18-8-17-10/h1-6H,7-8H2. The molecule has 0 atom stereocenters. The van der Waals surface area contributed by atoms with Gasteiger partial charge in [-0.2, -0.15) is 0 Å². The van der Waals surface area contributed by atoms with Crippen molar-refractivity contribution in [3.05, 3.63) is 45.8 Å². The smallest absolute Gasteiger partial charge is 0.231 e. The summed E-state index contributed by atoms with van der Waals surface area (Å²) in [6.45, 7) is 0.776. The van der Waals surface area contributed by atoms with Crippen molar-refractivity contribution >= 4 is 22.6 Å². The fourth-order valence-corrected chi connectivity index (χ4v) is 2.17. The first-order valence-electron chi connectivity index (χ1n) is 5.45. The Kier molecular flexibility index (Phi) is 3.22. The summed E-state index contributed by atoms with van der Waals surface area (Å²) in [4.78, 5) is 4.17. The lowest BCUT2D eigenvalue weighted by Gasteiger charge is -2.07. The van der Waals surface area contributed by atoms with Crippen LogP contribution in [0.25, 0.3) is 0 Å². The van der Waals surface area contributed by atoms with Crippen LogP contribution < -0.4 is 14.2 Å². The number of aromatic nitrogens is 1. The average molecular weight is 355 g/mol. The summed E-state index contributed by atoms with van der Waals surface area (Å²) in [6.07, 6.45) is 1.75. The van der Waals surface area contributed by atoms with Crippen LogP contribution in [0.2, 0.25) is 0 Å². The van der Waals surface area contributed by atoms with E-state index in [2.05, 4.69) is 27.6 Å². The van der Waals surface area contributed by atoms with E-state index in [0.717, 1.165) is 26.5 Å². The zero-order chi connectivity index (χ0) is 12.4. The molecule has 0 saturated carbocycles. The van der Waals surface area contributed by atoms with E-state index in [0.29, 0.717) is 13.4 Å². The van der Waals surface area contributed by atoms with E-state index >= 15 is 0 Å². The minimum atomic E-state index is 0.292. The molecule has 1 aromatic heterocycles. The van der Waals surface area contributed by atoms with Crippen molar-refractivity contribution < 1.29 is 14.2 Å². The lowest BCUT2D eigenvalue weighted by molar-refractivity contribution is 0.174. The van der Waals surface area contributed by atoms with Crippen LogP contribution in [0.4, 0.5) is 0 Å². The van der Waals surface area contributed by atoms with E-state index in [1.54, 1.807) is 6.20 Å². The van der Waals surface area contributed by atoms with Crippen molar-refractivity contribution in [1.82, 2.24) is 4.98 Å². The highest BCUT2D eigenvalue weighted by Gasteiger charge is 2.13. The molecule has 1 aliphatic rings. The Morgan fingerprint density at radius 1 is 1.22 bits per heavy atom. The average Bonchev–Trinajstić information content (AvgIpc) is 2.85. The molecule has 2 aromatic rings. The Bertz CT molecular complexity index is 574. The second kappa shape index (κ2) is 5.01. The zero-order valence-corrected chi connectivity index (χ0v) is 11.6. The number of fused-ring (bicyclic) bond motifs is 1. The molecule has 1 aromatic carbocycles. The van der Waals surface area contributed by atoms with Crippen LogP contribution in [0.15, 0.2) is 36.5 Å². The third-order valence-corrected chi connectivity index (χ3v) is 3.37. The van der Waals surface area contributed by atoms with Gasteiger partial charge in [0, 0.05) is 6.20 Å². The van der Waals surface area contributed by atoms with Gasteiger partial charge in [-0.1, -0.05) is 6.07 Å². The predicted molar refractivity (Wildman–Crippen MR) is 73.9 cm³/mol. The highest BCUT2D eigenvalue weighted by Crippen LogP contribution is 2.32. The zero-order valence-electron chi connectivity index (χ0n) is 9.43. The highest BCUT2D eigenvalue weighted by molar-refractivity contribution is 14.1. The SMILES string of the molecule is Ic1ncccc1OCc1ccc2c(c1)OCO2. The van der Waals surface area contributed by atoms with E-state index in [9.17, 15) is 0 Å². The number of ether oxygens (including phenoxy) is 3. The Morgan fingerprint density at radius 2 is 2.11 bits per heavy atom. The number of nitrogens with zero attached hydrogens (tertiary/aromatic N) is 1. The van der Waals surface area contributed by atoms with Crippen molar-refractivity contribution in [2.24, 2.45) is 0 Å². The molecule has 0 N–H and O–H groups in total. The monoisotopic (exact) mass is 355 g/mol. The maximum absolute atomic E-state index is 5.72. The van der Waals surface area contributed by atoms with E-state index in [-0.39, 0.29) is 0 Å². The number of hydrogen-bond acceptors (Lipinski definition) is 4. The Morgan fingerprint density at radius 3 is 3.00 bits per heavy atom. The first-order chi connectivity index (χ1) is 8.83. The molecule has 0 bridgehead atoms. The summed E-state index contributed by atoms with van der Waals surface area (Å²) in [5.41, 5.74) is 1.04. The van der Waals surface area contributed by atoms with E-state index in [1.165, 1.54) is 0 Å². The van der Waals surface area contributed by atoms with Gasteiger partial charge in [0.2, 0.25) is 6.79 Å². The minimum absolute atomic E-state index is 0.292. The molecule has 0 amide bonds. The molecule has 3 rings (SSSR count). The highest BCUT2D eigenvalue weighted by atomic mass is 127. The molecule has 92 valence electrons. The molecule has 1 aliphatic heterocycles. The first kappa shape index (κ1) is 11.6. The van der Waals surface area contributed by atoms with Crippen LogP contribution in [0.5, 0.6) is 17.2 Å². The van der Waals surface area contributed by atoms with Crippen molar-refractivity contribution in [1.29, 1.82) is 0 Å². The van der Waals surface area contributed by atoms with Gasteiger partial charge < -0.3 is 14.2 Å². The summed E-state index contributed by atoms with van der Waals surface area (Å²) in [5, 5.41) is 0. The van der Waals surface area contributed by atoms with Crippen molar-refractivity contribution in [2.45, 2.75) is 6.61 Å². The van der Waals surface area contributed by atoms with Crippen molar-refractivity contribution in [3.63, 3.8) is 0 Å². The molecule has 0 radical (unpaired) electrons. The van der Waals surface area contributed by atoms with Crippen LogP contribution in [-0.2, 0) is 6.61 Å². The molecule has 5 heteroatoms. The summed E-state index contributed by atoms with van der Waals surface area (Å²) in [5.74, 6) is 2.35. The number of pyridine rings is 1. The van der Waals surface area contributed by atoms with Crippen molar-refractivity contribution in [3.8, 4) is 17.2 Å². The van der Waals surface area contributed by atoms with Gasteiger partial charge in [-0.3, -0.25) is 0 Å². The third-order valence-electron chi connectivity index (χ3n) is 2.56. The van der Waals surface area contributed by atoms with Crippen LogP contribution in [-0.4, -0.2) is 11.8 Å². The number of halogens is 1. The lowest BCUT2D eigenvalue weighted by Crippen LogP contribution is -1.97. The molecule has 0 spiro atoms. The van der Waals surface area contributed by atoms with E-state index in [4.69, 9.17) is 14.2 Å². The largest absolute Gasteiger partial charge is 0.486 e. The molecule has 0 unspecified atom stereocenters. The Labute approximate surface area is 118 Å². The maximum atomic E-state index is 5.72. The predicted octanol–water partition coefficient (Wildman–Crippen LogP) is 2.99. The number of rotatable bonds is 3. The van der Waals surface area contributed by atoms with Crippen LogP contribution in [0, 0.1) is 3.70 Å². The molecule has 18 heavy (non-hydrogen) atoms. The van der Waals surface area contributed by atoms with Gasteiger partial charge in [0.25, 0.3) is 0 Å². The van der Waals surface area contributed by atoms with Gasteiger partial charge in [-0.05, 0) is 52.4 Å². The van der Waals surface area contributed by atoms with Gasteiger partial charge in [-0.15, -0.1) is 0 Å². The normalized spacial score (nSPS) is 12.5. The number of hydrogen-bond donors (Lipinski definition) is 0. The Balaban J connectivity index is 1.72. The maximum Gasteiger partial charge on any atom is 0.231 e. The lowest BCUT2D eigenvalue weighted by atomic mass is 10.2. The first-order valence-corrected chi connectivity index (χ1v) is 6.52. The van der Waals surface area contributed by atoms with E-state index in [1.807, 2.05) is 30.3 Å². The molecule has 2 heterocycles. The quantitative estimate of drug-likeness (QED) is 0.627. The minimum Gasteiger partial charge on any atom is -0.486 e. The molecule has 0 saturated heterocycles. The van der Waals surface area contributed by atoms with Crippen LogP contribution in [0.1, 0.15) is 5.56 Å². The summed E-state index contributed by atoms with van der Waals surface area (Å²) in [7, 11) is 0. The van der Waals surface area contributed by atoms with Gasteiger partial charge in [0.15, 0.2) is 17.2 Å². The van der Waals surface area contributed by atoms with Crippen molar-refractivity contribution in [2.75, 3.05) is 6.79 Å². The number of benzene rings is 1. The third kappa shape index (κ3) is 2.35. The second-order valence-electron chi connectivity index (χ2n) is 3.77. The second-order valence-corrected chi connectivity index (χ2v) is 4.79. The topological polar surface area (TPSA) is 40.6 Å². The molecule has 0 aliphatic carbocycles. The van der Waals surface area contributed by atoms with Gasteiger partial charge in [0.1, 0.15) is 10.3 Å². The summed E-state index contributed by atoms with van der Waals surface area (Å²) in [6, 6.07) is 9.57. The molecule has 4 nitrogen and oxygen atoms in total. The van der Waals surface area contributed by atoms with Gasteiger partial charge in [-0.25, -0.2) is 4.98 Å². The van der Waals surface area contributed by atoms with Crippen LogP contribution >= 0.6 is 22.6 Å². The molecule has 0 fully saturated rings. The fourth-order valence-electron chi connectivity index (χ4n) is 1.67. The summed E-state index contributed by atoms with van der Waals surface area (Å²) < 4.78 is 17.2. The van der Waals surface area contributed by atoms with E-state index < -0.39 is 0 Å². The van der Waals surface area contributed by atoms with Crippen LogP contribution in [0.3, 0.4) is 0 Å². The molecular weight excluding hydrogens is 345 g/mol. The summed E-state index contributed by atoms with van der Waals surface area (Å²) >= 11 is 2.15. The van der Waals surface area contributed by atoms with Gasteiger partial charge in [0.05, 0.1) is 0 Å².